The maximum atomic E-state index is 12.8. The first kappa shape index (κ1) is 74.8. The largest absolute Gasteiger partial charge is 0.462 e. The van der Waals surface area contributed by atoms with Crippen LogP contribution in [-0.2, 0) is 28.6 Å². The fraction of sp³-hybridized carbons (Fsp3) is 0.792. The Morgan fingerprint density at radius 1 is 0.269 bits per heavy atom. The van der Waals surface area contributed by atoms with E-state index in [9.17, 15) is 14.4 Å². The van der Waals surface area contributed by atoms with Crippen molar-refractivity contribution in [1.82, 2.24) is 0 Å². The second-order valence-electron chi connectivity index (χ2n) is 22.7. The molecule has 1 unspecified atom stereocenters. The topological polar surface area (TPSA) is 78.9 Å². The first-order chi connectivity index (χ1) is 38.5. The summed E-state index contributed by atoms with van der Waals surface area (Å²) in [6.45, 7) is 6.48. The van der Waals surface area contributed by atoms with Gasteiger partial charge in [-0.25, -0.2) is 0 Å². The van der Waals surface area contributed by atoms with Crippen LogP contribution in [-0.4, -0.2) is 37.2 Å². The van der Waals surface area contributed by atoms with Gasteiger partial charge in [-0.05, 0) is 89.9 Å². The molecule has 0 radical (unpaired) electrons. The summed E-state index contributed by atoms with van der Waals surface area (Å²) in [5.41, 5.74) is 0. The molecule has 0 spiro atoms. The molecule has 0 rings (SSSR count). The number of ether oxygens (including phenoxy) is 3. The molecule has 78 heavy (non-hydrogen) atoms. The van der Waals surface area contributed by atoms with E-state index in [0.29, 0.717) is 19.3 Å². The first-order valence-electron chi connectivity index (χ1n) is 33.9. The Morgan fingerprint density at radius 3 is 0.808 bits per heavy atom. The minimum absolute atomic E-state index is 0.0719. The van der Waals surface area contributed by atoms with Crippen molar-refractivity contribution < 1.29 is 28.6 Å². The maximum Gasteiger partial charge on any atom is 0.306 e. The Kier molecular flexibility index (Phi) is 63.7. The van der Waals surface area contributed by atoms with Gasteiger partial charge < -0.3 is 14.2 Å². The lowest BCUT2D eigenvalue weighted by atomic mass is 10.0. The third kappa shape index (κ3) is 63.7. The van der Waals surface area contributed by atoms with Crippen molar-refractivity contribution in [3.63, 3.8) is 0 Å². The van der Waals surface area contributed by atoms with E-state index < -0.39 is 6.10 Å². The van der Waals surface area contributed by atoms with Crippen molar-refractivity contribution in [3.8, 4) is 0 Å². The molecule has 0 aliphatic rings. The van der Waals surface area contributed by atoms with E-state index in [4.69, 9.17) is 14.2 Å². The highest BCUT2D eigenvalue weighted by Crippen LogP contribution is 2.18. The molecule has 0 bridgehead atoms. The molecule has 0 aromatic carbocycles. The van der Waals surface area contributed by atoms with E-state index in [2.05, 4.69) is 93.7 Å². The average Bonchev–Trinajstić information content (AvgIpc) is 3.44. The van der Waals surface area contributed by atoms with Crippen LogP contribution in [0.5, 0.6) is 0 Å². The molecule has 0 fully saturated rings. The van der Waals surface area contributed by atoms with Crippen molar-refractivity contribution in [2.45, 2.75) is 354 Å². The maximum absolute atomic E-state index is 12.8. The van der Waals surface area contributed by atoms with Crippen LogP contribution in [0.3, 0.4) is 0 Å². The van der Waals surface area contributed by atoms with Crippen LogP contribution in [0, 0.1) is 0 Å². The van der Waals surface area contributed by atoms with Gasteiger partial charge in [0.2, 0.25) is 0 Å². The van der Waals surface area contributed by atoms with Crippen LogP contribution in [0.1, 0.15) is 348 Å². The van der Waals surface area contributed by atoms with Crippen LogP contribution in [0.15, 0.2) is 72.9 Å². The summed E-state index contributed by atoms with van der Waals surface area (Å²) in [6, 6.07) is 0. The Labute approximate surface area is 484 Å². The van der Waals surface area contributed by atoms with E-state index >= 15 is 0 Å². The highest BCUT2D eigenvalue weighted by atomic mass is 16.6. The molecule has 6 heteroatoms. The summed E-state index contributed by atoms with van der Waals surface area (Å²) in [5.74, 6) is -0.868. The number of allylic oxidation sites excluding steroid dienone is 12. The van der Waals surface area contributed by atoms with E-state index in [-0.39, 0.29) is 31.1 Å². The highest BCUT2D eigenvalue weighted by Gasteiger charge is 2.19. The SMILES string of the molecule is CC/C=C\C/C=C\C/C=C\C/C=C\CCCCCCCCCCCCCCCCCCCCCCCCC(=O)OCC(COC(=O)CCCCCCCC)OC(=O)CCCCCCCCCCC/C=C\C/C=C\CCCCC. The van der Waals surface area contributed by atoms with Gasteiger partial charge in [-0.15, -0.1) is 0 Å². The molecule has 0 aromatic rings. The average molecular weight is 1090 g/mol. The molecule has 6 nitrogen and oxygen atoms in total. The lowest BCUT2D eigenvalue weighted by Crippen LogP contribution is -2.30. The van der Waals surface area contributed by atoms with E-state index in [1.54, 1.807) is 0 Å². The zero-order chi connectivity index (χ0) is 56.4. The van der Waals surface area contributed by atoms with Crippen molar-refractivity contribution in [1.29, 1.82) is 0 Å². The monoisotopic (exact) mass is 1090 g/mol. The van der Waals surface area contributed by atoms with Gasteiger partial charge >= 0.3 is 17.9 Å². The Hall–Kier alpha value is -3.15. The second kappa shape index (κ2) is 66.4. The van der Waals surface area contributed by atoms with Crippen molar-refractivity contribution >= 4 is 17.9 Å². The Morgan fingerprint density at radius 2 is 0.500 bits per heavy atom. The molecule has 0 heterocycles. The summed E-state index contributed by atoms with van der Waals surface area (Å²) in [6.07, 6.45) is 86.9. The highest BCUT2D eigenvalue weighted by molar-refractivity contribution is 5.71. The molecular formula is C72H128O6. The fourth-order valence-electron chi connectivity index (χ4n) is 9.88. The number of unbranched alkanes of at least 4 members (excludes halogenated alkanes) is 39. The lowest BCUT2D eigenvalue weighted by Gasteiger charge is -2.18. The smallest absolute Gasteiger partial charge is 0.306 e. The summed E-state index contributed by atoms with van der Waals surface area (Å²) in [4.78, 5) is 38.0. The molecule has 0 N–H and O–H groups in total. The Bertz CT molecular complexity index is 1440. The van der Waals surface area contributed by atoms with Gasteiger partial charge in [0.25, 0.3) is 0 Å². The predicted octanol–water partition coefficient (Wildman–Crippen LogP) is 23.3. The van der Waals surface area contributed by atoms with Gasteiger partial charge in [0, 0.05) is 19.3 Å². The zero-order valence-corrected chi connectivity index (χ0v) is 51.9. The molecular weight excluding hydrogens is 961 g/mol. The second-order valence-corrected chi connectivity index (χ2v) is 22.7. The van der Waals surface area contributed by atoms with Gasteiger partial charge in [-0.3, -0.25) is 14.4 Å². The summed E-state index contributed by atoms with van der Waals surface area (Å²) in [7, 11) is 0. The number of hydrogen-bond donors (Lipinski definition) is 0. The van der Waals surface area contributed by atoms with E-state index in [1.807, 2.05) is 0 Å². The van der Waals surface area contributed by atoms with Gasteiger partial charge in [0.1, 0.15) is 13.2 Å². The Balaban J connectivity index is 3.93. The normalized spacial score (nSPS) is 12.5. The number of rotatable bonds is 62. The van der Waals surface area contributed by atoms with Crippen molar-refractivity contribution in [2.75, 3.05) is 13.2 Å². The molecule has 0 saturated heterocycles. The molecule has 0 amide bonds. The van der Waals surface area contributed by atoms with E-state index in [0.717, 1.165) is 89.9 Å². The molecule has 452 valence electrons. The minimum Gasteiger partial charge on any atom is -0.462 e. The zero-order valence-electron chi connectivity index (χ0n) is 51.9. The molecule has 0 saturated carbocycles. The number of carbonyl (C=O) groups excluding carboxylic acids is 3. The van der Waals surface area contributed by atoms with E-state index in [1.165, 1.54) is 218 Å². The van der Waals surface area contributed by atoms with Gasteiger partial charge in [-0.2, -0.15) is 0 Å². The number of esters is 3. The summed E-state index contributed by atoms with van der Waals surface area (Å²) < 4.78 is 16.8. The van der Waals surface area contributed by atoms with Crippen LogP contribution in [0.2, 0.25) is 0 Å². The standard InChI is InChI=1S/C72H128O6/c1-4-7-10-13-16-18-20-22-24-26-28-29-30-31-32-33-34-35-36-37-38-39-40-41-42-43-45-46-48-50-52-54-56-59-62-65-71(74)77-68-69(67-76-70(73)64-61-58-15-12-9-6-3)78-72(75)66-63-60-57-55-53-51-49-47-44-27-25-23-21-19-17-14-11-8-5-2/h7,10,16-19,22-25,28-29,69H,4-6,8-9,11-15,20-21,26-27,30-68H2,1-3H3/b10-7-,18-16-,19-17-,24-22-,25-23-,29-28-. The number of carbonyl (C=O) groups is 3. The van der Waals surface area contributed by atoms with Crippen LogP contribution in [0.25, 0.3) is 0 Å². The summed E-state index contributed by atoms with van der Waals surface area (Å²) >= 11 is 0. The van der Waals surface area contributed by atoms with Crippen LogP contribution >= 0.6 is 0 Å². The quantitative estimate of drug-likeness (QED) is 0.0261. The van der Waals surface area contributed by atoms with Crippen molar-refractivity contribution in [2.24, 2.45) is 0 Å². The third-order valence-electron chi connectivity index (χ3n) is 14.9. The van der Waals surface area contributed by atoms with Gasteiger partial charge in [0.05, 0.1) is 0 Å². The fourth-order valence-corrected chi connectivity index (χ4v) is 9.88. The minimum atomic E-state index is -0.772. The van der Waals surface area contributed by atoms with Crippen LogP contribution in [0.4, 0.5) is 0 Å². The van der Waals surface area contributed by atoms with Gasteiger partial charge in [0.15, 0.2) is 6.10 Å². The van der Waals surface area contributed by atoms with Gasteiger partial charge in [-0.1, -0.05) is 312 Å². The predicted molar refractivity (Wildman–Crippen MR) is 339 cm³/mol. The molecule has 1 atom stereocenters. The first-order valence-corrected chi connectivity index (χ1v) is 33.9. The summed E-state index contributed by atoms with van der Waals surface area (Å²) in [5, 5.41) is 0. The third-order valence-corrected chi connectivity index (χ3v) is 14.9. The molecule has 0 aliphatic heterocycles. The number of hydrogen-bond acceptors (Lipinski definition) is 6. The molecule has 0 aromatic heterocycles. The lowest BCUT2D eigenvalue weighted by molar-refractivity contribution is -0.167. The molecule has 0 aliphatic carbocycles. The van der Waals surface area contributed by atoms with Crippen LogP contribution < -0.4 is 0 Å². The van der Waals surface area contributed by atoms with Crippen molar-refractivity contribution in [3.05, 3.63) is 72.9 Å².